The second-order valence-electron chi connectivity index (χ2n) is 11.2. The molecule has 11 heteroatoms. The lowest BCUT2D eigenvalue weighted by atomic mass is 9.96. The van der Waals surface area contributed by atoms with Crippen LogP contribution in [0.25, 0.3) is 0 Å². The molecule has 3 fully saturated rings. The molecule has 5 heterocycles. The zero-order valence-corrected chi connectivity index (χ0v) is 22.6. The maximum Gasteiger partial charge on any atom is 0.255 e. The van der Waals surface area contributed by atoms with Gasteiger partial charge in [-0.25, -0.2) is 4.98 Å². The molecule has 1 aromatic heterocycles. The number of anilines is 2. The van der Waals surface area contributed by atoms with Gasteiger partial charge in [0, 0.05) is 76.2 Å². The number of piperazine rings is 1. The quantitative estimate of drug-likeness (QED) is 0.514. The topological polar surface area (TPSA) is 132 Å². The summed E-state index contributed by atoms with van der Waals surface area (Å²) >= 11 is 0. The van der Waals surface area contributed by atoms with Crippen molar-refractivity contribution in [3.8, 4) is 0 Å². The van der Waals surface area contributed by atoms with Crippen molar-refractivity contribution < 1.29 is 19.2 Å². The fourth-order valence-corrected chi connectivity index (χ4v) is 6.37. The van der Waals surface area contributed by atoms with Gasteiger partial charge in [0.05, 0.1) is 5.56 Å². The molecule has 4 aliphatic heterocycles. The molecule has 0 radical (unpaired) electrons. The molecule has 3 saturated heterocycles. The summed E-state index contributed by atoms with van der Waals surface area (Å²) in [7, 11) is 0. The summed E-state index contributed by atoms with van der Waals surface area (Å²) in [5, 5.41) is 2.36. The van der Waals surface area contributed by atoms with Gasteiger partial charge in [-0.1, -0.05) is 0 Å². The smallest absolute Gasteiger partial charge is 0.255 e. The Labute approximate surface area is 233 Å². The summed E-state index contributed by atoms with van der Waals surface area (Å²) < 4.78 is 0. The molecule has 4 amide bonds. The lowest BCUT2D eigenvalue weighted by Gasteiger charge is -2.40. The Morgan fingerprint density at radius 2 is 1.73 bits per heavy atom. The van der Waals surface area contributed by atoms with Gasteiger partial charge in [-0.3, -0.25) is 29.4 Å². The highest BCUT2D eigenvalue weighted by molar-refractivity contribution is 6.05. The number of fused-ring (bicyclic) bond motifs is 1. The van der Waals surface area contributed by atoms with Crippen molar-refractivity contribution in [2.75, 3.05) is 55.6 Å². The van der Waals surface area contributed by atoms with E-state index in [1.807, 2.05) is 18.2 Å². The van der Waals surface area contributed by atoms with Crippen LogP contribution in [0.5, 0.6) is 0 Å². The zero-order valence-electron chi connectivity index (χ0n) is 22.6. The Balaban J connectivity index is 0.986. The molecule has 1 aromatic carbocycles. The van der Waals surface area contributed by atoms with Gasteiger partial charge < -0.3 is 20.4 Å². The van der Waals surface area contributed by atoms with Crippen LogP contribution in [0.4, 0.5) is 11.5 Å². The molecule has 0 bridgehead atoms. The van der Waals surface area contributed by atoms with Crippen molar-refractivity contribution in [3.05, 3.63) is 53.2 Å². The number of primary amides is 1. The molecule has 0 aliphatic carbocycles. The van der Waals surface area contributed by atoms with E-state index in [-0.39, 0.29) is 24.1 Å². The van der Waals surface area contributed by atoms with Crippen LogP contribution in [0.15, 0.2) is 36.5 Å². The third kappa shape index (κ3) is 5.25. The molecule has 11 nitrogen and oxygen atoms in total. The largest absolute Gasteiger partial charge is 0.369 e. The van der Waals surface area contributed by atoms with Crippen molar-refractivity contribution in [3.63, 3.8) is 0 Å². The highest BCUT2D eigenvalue weighted by Gasteiger charge is 2.39. The Bertz CT molecular complexity index is 1310. The van der Waals surface area contributed by atoms with E-state index in [1.165, 1.54) is 0 Å². The van der Waals surface area contributed by atoms with Gasteiger partial charge in [0.1, 0.15) is 11.9 Å². The average Bonchev–Trinajstić information content (AvgIpc) is 3.29. The van der Waals surface area contributed by atoms with Gasteiger partial charge in [0.25, 0.3) is 5.91 Å². The van der Waals surface area contributed by atoms with E-state index >= 15 is 0 Å². The number of benzene rings is 1. The zero-order chi connectivity index (χ0) is 27.8. The van der Waals surface area contributed by atoms with Crippen LogP contribution in [0.3, 0.4) is 0 Å². The Kier molecular flexibility index (Phi) is 7.14. The molecule has 0 spiro atoms. The van der Waals surface area contributed by atoms with Crippen LogP contribution >= 0.6 is 0 Å². The number of carbonyl (C=O) groups is 4. The number of rotatable bonds is 6. The molecule has 3 N–H and O–H groups in total. The van der Waals surface area contributed by atoms with Crippen molar-refractivity contribution in [1.29, 1.82) is 0 Å². The van der Waals surface area contributed by atoms with E-state index in [9.17, 15) is 19.2 Å². The molecule has 2 aromatic rings. The maximum atomic E-state index is 13.0. The minimum Gasteiger partial charge on any atom is -0.369 e. The number of pyridine rings is 1. The molecule has 0 unspecified atom stereocenters. The number of hydrogen-bond acceptors (Lipinski definition) is 8. The minimum absolute atomic E-state index is 0.134. The predicted molar refractivity (Wildman–Crippen MR) is 149 cm³/mol. The number of piperidine rings is 2. The average molecular weight is 546 g/mol. The molecule has 4 aliphatic rings. The van der Waals surface area contributed by atoms with Crippen molar-refractivity contribution in [2.24, 2.45) is 11.7 Å². The summed E-state index contributed by atoms with van der Waals surface area (Å²) in [5.41, 5.74) is 8.46. The van der Waals surface area contributed by atoms with E-state index in [2.05, 4.69) is 31.1 Å². The van der Waals surface area contributed by atoms with Crippen molar-refractivity contribution in [2.45, 2.75) is 38.3 Å². The standard InChI is InChI=1S/C29H35N7O4/c30-27(38)20-1-5-25(31-16-20)35-9-7-19(8-10-35)17-33-11-13-34(14-12-33)22-2-3-23-21(15-22)18-36(29(23)40)24-4-6-26(37)32-28(24)39/h1-3,5,15-16,19,24H,4,6-14,17-18H2,(H2,30,38)(H,32,37,39)/t24-/m0/s1. The first-order valence-corrected chi connectivity index (χ1v) is 14.1. The maximum absolute atomic E-state index is 13.0. The summed E-state index contributed by atoms with van der Waals surface area (Å²) in [6, 6.07) is 9.02. The number of hydrogen-bond donors (Lipinski definition) is 2. The summed E-state index contributed by atoms with van der Waals surface area (Å²) in [4.78, 5) is 61.4. The first-order valence-electron chi connectivity index (χ1n) is 14.1. The SMILES string of the molecule is NC(=O)c1ccc(N2CCC(CN3CCN(c4ccc5c(c4)CN([C@H]4CCC(=O)NC4=O)C5=O)CC3)CC2)nc1. The third-order valence-electron chi connectivity index (χ3n) is 8.73. The number of amides is 4. The van der Waals surface area contributed by atoms with E-state index in [1.54, 1.807) is 17.2 Å². The van der Waals surface area contributed by atoms with E-state index in [4.69, 9.17) is 5.73 Å². The van der Waals surface area contributed by atoms with E-state index in [0.717, 1.165) is 75.7 Å². The number of nitrogens with zero attached hydrogens (tertiary/aromatic N) is 5. The Morgan fingerprint density at radius 1 is 0.950 bits per heavy atom. The summed E-state index contributed by atoms with van der Waals surface area (Å²) in [6.07, 6.45) is 4.41. The van der Waals surface area contributed by atoms with Gasteiger partial charge in [0.2, 0.25) is 17.7 Å². The van der Waals surface area contributed by atoms with Crippen LogP contribution in [0.1, 0.15) is 52.0 Å². The molecule has 0 saturated carbocycles. The molecular formula is C29H35N7O4. The molecule has 6 rings (SSSR count). The Morgan fingerprint density at radius 3 is 2.40 bits per heavy atom. The van der Waals surface area contributed by atoms with Crippen molar-refractivity contribution in [1.82, 2.24) is 20.1 Å². The fraction of sp³-hybridized carbons (Fsp3) is 0.483. The highest BCUT2D eigenvalue weighted by atomic mass is 16.2. The van der Waals surface area contributed by atoms with Gasteiger partial charge in [-0.2, -0.15) is 0 Å². The second-order valence-corrected chi connectivity index (χ2v) is 11.2. The predicted octanol–water partition coefficient (Wildman–Crippen LogP) is 0.980. The number of imide groups is 1. The first kappa shape index (κ1) is 26.2. The minimum atomic E-state index is -0.588. The summed E-state index contributed by atoms with van der Waals surface area (Å²) in [5.74, 6) is 0.300. The first-order chi connectivity index (χ1) is 19.4. The molecule has 1 atom stereocenters. The third-order valence-corrected chi connectivity index (χ3v) is 8.73. The van der Waals surface area contributed by atoms with Gasteiger partial charge in [-0.05, 0) is 61.1 Å². The summed E-state index contributed by atoms with van der Waals surface area (Å²) in [6.45, 7) is 7.25. The Hall–Kier alpha value is -3.99. The monoisotopic (exact) mass is 545 g/mol. The lowest BCUT2D eigenvalue weighted by molar-refractivity contribution is -0.136. The highest BCUT2D eigenvalue weighted by Crippen LogP contribution is 2.31. The number of nitrogens with two attached hydrogens (primary N) is 1. The van der Waals surface area contributed by atoms with Crippen LogP contribution in [0, 0.1) is 5.92 Å². The van der Waals surface area contributed by atoms with Crippen molar-refractivity contribution >= 4 is 35.1 Å². The fourth-order valence-electron chi connectivity index (χ4n) is 6.37. The molecule has 210 valence electrons. The number of carbonyl (C=O) groups excluding carboxylic acids is 4. The number of aromatic nitrogens is 1. The van der Waals surface area contributed by atoms with E-state index in [0.29, 0.717) is 30.0 Å². The van der Waals surface area contributed by atoms with Crippen LogP contribution in [0.2, 0.25) is 0 Å². The normalized spacial score (nSPS) is 22.4. The second kappa shape index (κ2) is 10.9. The lowest BCUT2D eigenvalue weighted by Crippen LogP contribution is -2.52. The number of nitrogens with one attached hydrogen (secondary N) is 1. The van der Waals surface area contributed by atoms with Crippen LogP contribution < -0.4 is 20.9 Å². The van der Waals surface area contributed by atoms with E-state index < -0.39 is 11.9 Å². The van der Waals surface area contributed by atoms with Gasteiger partial charge >= 0.3 is 0 Å². The molecule has 40 heavy (non-hydrogen) atoms. The van der Waals surface area contributed by atoms with Crippen LogP contribution in [-0.2, 0) is 16.1 Å². The van der Waals surface area contributed by atoms with Gasteiger partial charge in [-0.15, -0.1) is 0 Å². The molecular weight excluding hydrogens is 510 g/mol. The van der Waals surface area contributed by atoms with Crippen LogP contribution in [-0.4, -0.2) is 90.3 Å². The van der Waals surface area contributed by atoms with Gasteiger partial charge in [0.15, 0.2) is 0 Å².